The van der Waals surface area contributed by atoms with Gasteiger partial charge in [-0.2, -0.15) is 0 Å². The van der Waals surface area contributed by atoms with Gasteiger partial charge in [-0.1, -0.05) is 115 Å². The average Bonchev–Trinajstić information content (AvgIpc) is 3.82. The maximum absolute atomic E-state index is 6.56. The first-order chi connectivity index (χ1) is 25.3. The summed E-state index contributed by atoms with van der Waals surface area (Å²) in [6.07, 6.45) is 0. The minimum atomic E-state index is 0.626. The molecule has 0 saturated carbocycles. The van der Waals surface area contributed by atoms with Gasteiger partial charge < -0.3 is 9.32 Å². The van der Waals surface area contributed by atoms with E-state index < -0.39 is 0 Å². The van der Waals surface area contributed by atoms with Crippen molar-refractivity contribution in [1.29, 1.82) is 0 Å². The number of fused-ring (bicyclic) bond motifs is 6. The molecule has 10 aromatic rings. The van der Waals surface area contributed by atoms with Crippen LogP contribution in [0.15, 0.2) is 186 Å². The third-order valence-electron chi connectivity index (χ3n) is 9.70. The van der Waals surface area contributed by atoms with Crippen LogP contribution < -0.4 is 4.90 Å². The van der Waals surface area contributed by atoms with Gasteiger partial charge in [-0.25, -0.2) is 4.98 Å². The van der Waals surface area contributed by atoms with E-state index >= 15 is 0 Å². The van der Waals surface area contributed by atoms with Crippen molar-refractivity contribution in [2.24, 2.45) is 0 Å². The van der Waals surface area contributed by atoms with Gasteiger partial charge >= 0.3 is 0 Å². The molecule has 0 bridgehead atoms. The lowest BCUT2D eigenvalue weighted by Gasteiger charge is -2.26. The van der Waals surface area contributed by atoms with E-state index in [1.807, 2.05) is 41.7 Å². The second-order valence-corrected chi connectivity index (χ2v) is 13.9. The zero-order chi connectivity index (χ0) is 33.7. The van der Waals surface area contributed by atoms with Gasteiger partial charge in [0.25, 0.3) is 0 Å². The van der Waals surface area contributed by atoms with Crippen LogP contribution in [-0.4, -0.2) is 4.98 Å². The monoisotopic (exact) mass is 670 g/mol. The Hall–Kier alpha value is -6.49. The highest BCUT2D eigenvalue weighted by Crippen LogP contribution is 2.43. The SMILES string of the molecule is c1ccc(-c2ccc(N(c3ccc(-c4cc5ccccc5c5nc(-c6ccccc6)oc45)cc3)c3ccc4sc5ccccc5c4c3)cc2)cc1. The summed E-state index contributed by atoms with van der Waals surface area (Å²) in [4.78, 5) is 7.37. The minimum Gasteiger partial charge on any atom is -0.435 e. The Morgan fingerprint density at radius 1 is 0.431 bits per heavy atom. The van der Waals surface area contributed by atoms with E-state index in [-0.39, 0.29) is 0 Å². The molecule has 0 unspecified atom stereocenters. The fourth-order valence-corrected chi connectivity index (χ4v) is 8.27. The first-order valence-electron chi connectivity index (χ1n) is 17.1. The molecule has 240 valence electrons. The molecular weight excluding hydrogens is 641 g/mol. The quantitative estimate of drug-likeness (QED) is 0.176. The number of nitrogens with zero attached hydrogens (tertiary/aromatic N) is 2. The Bertz CT molecular complexity index is 2840. The van der Waals surface area contributed by atoms with Crippen LogP contribution in [0, 0.1) is 0 Å². The lowest BCUT2D eigenvalue weighted by atomic mass is 9.99. The largest absolute Gasteiger partial charge is 0.435 e. The van der Waals surface area contributed by atoms with Crippen molar-refractivity contribution in [3.05, 3.63) is 182 Å². The Morgan fingerprint density at radius 2 is 1.00 bits per heavy atom. The summed E-state index contributed by atoms with van der Waals surface area (Å²) in [5.74, 6) is 0.626. The smallest absolute Gasteiger partial charge is 0.227 e. The molecule has 0 atom stereocenters. The van der Waals surface area contributed by atoms with E-state index in [9.17, 15) is 0 Å². The van der Waals surface area contributed by atoms with Gasteiger partial charge in [0.15, 0.2) is 5.58 Å². The highest BCUT2D eigenvalue weighted by atomic mass is 32.1. The van der Waals surface area contributed by atoms with Gasteiger partial charge in [0.1, 0.15) is 5.52 Å². The van der Waals surface area contributed by atoms with E-state index in [1.54, 1.807) is 0 Å². The van der Waals surface area contributed by atoms with E-state index in [0.29, 0.717) is 5.89 Å². The molecule has 0 amide bonds. The summed E-state index contributed by atoms with van der Waals surface area (Å²) in [6.45, 7) is 0. The van der Waals surface area contributed by atoms with Crippen LogP contribution in [0.2, 0.25) is 0 Å². The number of benzene rings is 8. The highest BCUT2D eigenvalue weighted by molar-refractivity contribution is 7.25. The van der Waals surface area contributed by atoms with Gasteiger partial charge in [0.05, 0.1) is 0 Å². The van der Waals surface area contributed by atoms with Gasteiger partial charge in [0, 0.05) is 53.7 Å². The van der Waals surface area contributed by atoms with Gasteiger partial charge in [-0.05, 0) is 88.8 Å². The molecule has 10 rings (SSSR count). The lowest BCUT2D eigenvalue weighted by Crippen LogP contribution is -2.09. The van der Waals surface area contributed by atoms with Crippen LogP contribution in [-0.2, 0) is 0 Å². The predicted octanol–water partition coefficient (Wildman–Crippen LogP) is 13.8. The van der Waals surface area contributed by atoms with E-state index in [0.717, 1.165) is 55.6 Å². The van der Waals surface area contributed by atoms with Gasteiger partial charge in [-0.3, -0.25) is 0 Å². The standard InChI is InChI=1S/C47H30N2OS/c1-3-11-31(12-4-1)32-19-23-36(24-20-32)49(38-27-28-44-42(30-38)40-17-9-10-18-43(40)51-44)37-25-21-33(22-26-37)41-29-35-15-7-8-16-39(35)45-46(41)50-47(48-45)34-13-5-2-6-14-34/h1-30H. The topological polar surface area (TPSA) is 29.3 Å². The molecule has 8 aromatic carbocycles. The molecule has 4 heteroatoms. The fraction of sp³-hybridized carbons (Fsp3) is 0. The van der Waals surface area contributed by atoms with Gasteiger partial charge in [-0.15, -0.1) is 11.3 Å². The first-order valence-corrected chi connectivity index (χ1v) is 17.9. The van der Waals surface area contributed by atoms with Crippen LogP contribution in [0.4, 0.5) is 17.1 Å². The van der Waals surface area contributed by atoms with Crippen molar-refractivity contribution in [3.8, 4) is 33.7 Å². The molecule has 51 heavy (non-hydrogen) atoms. The molecule has 2 heterocycles. The normalized spacial score (nSPS) is 11.5. The number of anilines is 3. The summed E-state index contributed by atoms with van der Waals surface area (Å²) < 4.78 is 9.15. The van der Waals surface area contributed by atoms with Crippen molar-refractivity contribution < 1.29 is 4.42 Å². The maximum Gasteiger partial charge on any atom is 0.227 e. The molecule has 2 aromatic heterocycles. The fourth-order valence-electron chi connectivity index (χ4n) is 7.19. The molecule has 0 aliphatic heterocycles. The summed E-state index contributed by atoms with van der Waals surface area (Å²) in [7, 11) is 0. The number of hydrogen-bond acceptors (Lipinski definition) is 4. The summed E-state index contributed by atoms with van der Waals surface area (Å²) in [5, 5.41) is 4.78. The van der Waals surface area contributed by atoms with Crippen molar-refractivity contribution in [3.63, 3.8) is 0 Å². The lowest BCUT2D eigenvalue weighted by molar-refractivity contribution is 0.621. The van der Waals surface area contributed by atoms with Crippen molar-refractivity contribution in [2.45, 2.75) is 0 Å². The number of thiophene rings is 1. The Kier molecular flexibility index (Phi) is 7.00. The summed E-state index contributed by atoms with van der Waals surface area (Å²) in [5.41, 5.74) is 10.4. The van der Waals surface area contributed by atoms with Crippen LogP contribution in [0.1, 0.15) is 0 Å². The molecule has 0 saturated heterocycles. The number of aromatic nitrogens is 1. The summed E-state index contributed by atoms with van der Waals surface area (Å²) >= 11 is 1.84. The average molecular weight is 671 g/mol. The minimum absolute atomic E-state index is 0.626. The molecular formula is C47H30N2OS. The van der Waals surface area contributed by atoms with Crippen molar-refractivity contribution in [2.75, 3.05) is 4.90 Å². The maximum atomic E-state index is 6.56. The Balaban J connectivity index is 1.11. The predicted molar refractivity (Wildman–Crippen MR) is 215 cm³/mol. The number of hydrogen-bond donors (Lipinski definition) is 0. The Morgan fingerprint density at radius 3 is 1.75 bits per heavy atom. The second kappa shape index (κ2) is 12.1. The number of rotatable bonds is 6. The van der Waals surface area contributed by atoms with Crippen LogP contribution >= 0.6 is 11.3 Å². The van der Waals surface area contributed by atoms with Crippen LogP contribution in [0.5, 0.6) is 0 Å². The van der Waals surface area contributed by atoms with Gasteiger partial charge in [0.2, 0.25) is 5.89 Å². The third kappa shape index (κ3) is 5.16. The van der Waals surface area contributed by atoms with E-state index in [4.69, 9.17) is 9.40 Å². The molecule has 0 aliphatic rings. The molecule has 0 aliphatic carbocycles. The third-order valence-corrected chi connectivity index (χ3v) is 10.8. The van der Waals surface area contributed by atoms with Crippen LogP contribution in [0.3, 0.4) is 0 Å². The van der Waals surface area contributed by atoms with Crippen LogP contribution in [0.25, 0.3) is 75.8 Å². The highest BCUT2D eigenvalue weighted by Gasteiger charge is 2.19. The van der Waals surface area contributed by atoms with Crippen molar-refractivity contribution in [1.82, 2.24) is 4.98 Å². The molecule has 0 N–H and O–H groups in total. The second-order valence-electron chi connectivity index (χ2n) is 12.8. The zero-order valence-corrected chi connectivity index (χ0v) is 28.3. The van der Waals surface area contributed by atoms with Crippen molar-refractivity contribution >= 4 is 70.4 Å². The zero-order valence-electron chi connectivity index (χ0n) is 27.5. The molecule has 0 spiro atoms. The first kappa shape index (κ1) is 29.4. The van der Waals surface area contributed by atoms with E-state index in [2.05, 4.69) is 157 Å². The number of oxazole rings is 1. The molecule has 0 fully saturated rings. The molecule has 0 radical (unpaired) electrons. The summed E-state index contributed by atoms with van der Waals surface area (Å²) in [6, 6.07) is 64.5. The Labute approximate surface area is 299 Å². The molecule has 3 nitrogen and oxygen atoms in total. The van der Waals surface area contributed by atoms with E-state index in [1.165, 1.54) is 31.3 Å².